The Kier molecular flexibility index (Phi) is 4.09. The third kappa shape index (κ3) is 2.52. The van der Waals surface area contributed by atoms with Gasteiger partial charge in [-0.25, -0.2) is 0 Å². The Morgan fingerprint density at radius 2 is 1.88 bits per heavy atom. The SMILES string of the molecule is CC(CBr)(CBr)Cc1csc2ccccc12. The lowest BCUT2D eigenvalue weighted by Crippen LogP contribution is -2.23. The van der Waals surface area contributed by atoms with Crippen molar-refractivity contribution in [2.75, 3.05) is 10.7 Å². The zero-order chi connectivity index (χ0) is 11.6. The Morgan fingerprint density at radius 3 is 2.56 bits per heavy atom. The van der Waals surface area contributed by atoms with Gasteiger partial charge in [-0.15, -0.1) is 11.3 Å². The summed E-state index contributed by atoms with van der Waals surface area (Å²) >= 11 is 9.08. The van der Waals surface area contributed by atoms with Crippen molar-refractivity contribution in [3.63, 3.8) is 0 Å². The smallest absolute Gasteiger partial charge is 0.0345 e. The summed E-state index contributed by atoms with van der Waals surface area (Å²) in [5.41, 5.74) is 1.77. The van der Waals surface area contributed by atoms with Gasteiger partial charge in [0.25, 0.3) is 0 Å². The highest BCUT2D eigenvalue weighted by Gasteiger charge is 2.23. The second kappa shape index (κ2) is 5.19. The highest BCUT2D eigenvalue weighted by atomic mass is 79.9. The number of hydrogen-bond donors (Lipinski definition) is 0. The number of alkyl halides is 2. The second-order valence-corrected chi connectivity index (χ2v) is 6.54. The second-order valence-electron chi connectivity index (χ2n) is 4.51. The summed E-state index contributed by atoms with van der Waals surface area (Å²) < 4.78 is 1.39. The Morgan fingerprint density at radius 1 is 1.19 bits per heavy atom. The molecule has 1 aromatic carbocycles. The molecule has 0 spiro atoms. The molecular weight excluding hydrogens is 348 g/mol. The van der Waals surface area contributed by atoms with Crippen LogP contribution >= 0.6 is 43.2 Å². The van der Waals surface area contributed by atoms with E-state index in [0.717, 1.165) is 17.1 Å². The molecule has 0 unspecified atom stereocenters. The van der Waals surface area contributed by atoms with E-state index in [4.69, 9.17) is 0 Å². The zero-order valence-electron chi connectivity index (χ0n) is 9.17. The Hall–Kier alpha value is 0.140. The average Bonchev–Trinajstić information content (AvgIpc) is 2.73. The van der Waals surface area contributed by atoms with Crippen molar-refractivity contribution < 1.29 is 0 Å². The number of benzene rings is 1. The minimum absolute atomic E-state index is 0.295. The molecule has 0 aliphatic heterocycles. The van der Waals surface area contributed by atoms with Crippen LogP contribution in [0.2, 0.25) is 0 Å². The summed E-state index contributed by atoms with van der Waals surface area (Å²) in [5, 5.41) is 5.76. The molecule has 3 heteroatoms. The molecular formula is C13H14Br2S. The number of rotatable bonds is 4. The monoisotopic (exact) mass is 360 g/mol. The molecule has 1 aromatic heterocycles. The number of halogens is 2. The van der Waals surface area contributed by atoms with Crippen LogP contribution in [0.15, 0.2) is 29.6 Å². The maximum absolute atomic E-state index is 3.62. The lowest BCUT2D eigenvalue weighted by atomic mass is 9.88. The van der Waals surface area contributed by atoms with E-state index >= 15 is 0 Å². The molecule has 16 heavy (non-hydrogen) atoms. The van der Waals surface area contributed by atoms with Crippen LogP contribution in [0.5, 0.6) is 0 Å². The maximum Gasteiger partial charge on any atom is 0.0345 e. The molecule has 0 saturated carbocycles. The first-order valence-corrected chi connectivity index (χ1v) is 8.38. The largest absolute Gasteiger partial charge is 0.144 e. The molecule has 0 atom stereocenters. The van der Waals surface area contributed by atoms with E-state index in [1.807, 2.05) is 11.3 Å². The Bertz CT molecular complexity index is 471. The lowest BCUT2D eigenvalue weighted by molar-refractivity contribution is 0.441. The number of fused-ring (bicyclic) bond motifs is 1. The molecule has 0 nitrogen and oxygen atoms in total. The van der Waals surface area contributed by atoms with Crippen molar-refractivity contribution in [1.82, 2.24) is 0 Å². The first-order chi connectivity index (χ1) is 7.68. The van der Waals surface area contributed by atoms with Gasteiger partial charge in [-0.3, -0.25) is 0 Å². The van der Waals surface area contributed by atoms with Crippen LogP contribution in [-0.2, 0) is 6.42 Å². The van der Waals surface area contributed by atoms with Crippen LogP contribution in [0.3, 0.4) is 0 Å². The summed E-state index contributed by atoms with van der Waals surface area (Å²) in [6.45, 7) is 2.31. The molecule has 0 amide bonds. The minimum Gasteiger partial charge on any atom is -0.144 e. The van der Waals surface area contributed by atoms with Crippen LogP contribution < -0.4 is 0 Å². The van der Waals surface area contributed by atoms with Crippen molar-refractivity contribution in [3.05, 3.63) is 35.2 Å². The Balaban J connectivity index is 2.34. The normalized spacial score (nSPS) is 12.2. The first-order valence-electron chi connectivity index (χ1n) is 5.25. The van der Waals surface area contributed by atoms with Gasteiger partial charge >= 0.3 is 0 Å². The van der Waals surface area contributed by atoms with E-state index in [0.29, 0.717) is 5.41 Å². The van der Waals surface area contributed by atoms with E-state index in [1.54, 1.807) is 0 Å². The van der Waals surface area contributed by atoms with E-state index in [1.165, 1.54) is 15.6 Å². The van der Waals surface area contributed by atoms with Gasteiger partial charge in [0.05, 0.1) is 0 Å². The van der Waals surface area contributed by atoms with E-state index in [9.17, 15) is 0 Å². The molecule has 2 rings (SSSR count). The summed E-state index contributed by atoms with van der Waals surface area (Å²) in [7, 11) is 0. The molecule has 0 aliphatic rings. The Labute approximate surface area is 117 Å². The van der Waals surface area contributed by atoms with Gasteiger partial charge in [0, 0.05) is 15.4 Å². The fourth-order valence-electron chi connectivity index (χ4n) is 1.76. The molecule has 1 heterocycles. The summed E-state index contributed by atoms with van der Waals surface area (Å²) in [5.74, 6) is 0. The quantitative estimate of drug-likeness (QED) is 0.653. The van der Waals surface area contributed by atoms with Crippen molar-refractivity contribution in [2.45, 2.75) is 13.3 Å². The van der Waals surface area contributed by atoms with Gasteiger partial charge in [-0.1, -0.05) is 57.0 Å². The van der Waals surface area contributed by atoms with E-state index < -0.39 is 0 Å². The minimum atomic E-state index is 0.295. The van der Waals surface area contributed by atoms with Crippen LogP contribution in [0, 0.1) is 5.41 Å². The van der Waals surface area contributed by atoms with Crippen LogP contribution in [0.4, 0.5) is 0 Å². The van der Waals surface area contributed by atoms with Gasteiger partial charge in [0.1, 0.15) is 0 Å². The van der Waals surface area contributed by atoms with Crippen molar-refractivity contribution in [3.8, 4) is 0 Å². The molecule has 0 radical (unpaired) electrons. The first kappa shape index (κ1) is 12.6. The van der Waals surface area contributed by atoms with Crippen LogP contribution in [0.25, 0.3) is 10.1 Å². The van der Waals surface area contributed by atoms with E-state index in [2.05, 4.69) is 68.4 Å². The molecule has 2 aromatic rings. The van der Waals surface area contributed by atoms with Gasteiger partial charge in [0.15, 0.2) is 0 Å². The molecule has 86 valence electrons. The third-order valence-electron chi connectivity index (χ3n) is 2.82. The molecule has 0 aliphatic carbocycles. The summed E-state index contributed by atoms with van der Waals surface area (Å²) in [6.07, 6.45) is 1.12. The molecule has 0 N–H and O–H groups in total. The van der Waals surface area contributed by atoms with E-state index in [-0.39, 0.29) is 0 Å². The molecule has 0 bridgehead atoms. The number of thiophene rings is 1. The van der Waals surface area contributed by atoms with Crippen molar-refractivity contribution >= 4 is 53.3 Å². The summed E-state index contributed by atoms with van der Waals surface area (Å²) in [6, 6.07) is 8.65. The predicted molar refractivity (Wildman–Crippen MR) is 81.2 cm³/mol. The zero-order valence-corrected chi connectivity index (χ0v) is 13.2. The van der Waals surface area contributed by atoms with Crippen LogP contribution in [-0.4, -0.2) is 10.7 Å². The van der Waals surface area contributed by atoms with Gasteiger partial charge in [-0.05, 0) is 34.2 Å². The highest BCUT2D eigenvalue weighted by Crippen LogP contribution is 2.33. The van der Waals surface area contributed by atoms with Gasteiger partial charge < -0.3 is 0 Å². The van der Waals surface area contributed by atoms with Crippen molar-refractivity contribution in [2.24, 2.45) is 5.41 Å². The summed E-state index contributed by atoms with van der Waals surface area (Å²) in [4.78, 5) is 0. The lowest BCUT2D eigenvalue weighted by Gasteiger charge is -2.24. The van der Waals surface area contributed by atoms with Crippen molar-refractivity contribution in [1.29, 1.82) is 0 Å². The topological polar surface area (TPSA) is 0 Å². The predicted octanol–water partition coefficient (Wildman–Crippen LogP) is 5.24. The molecule has 0 fully saturated rings. The fourth-order valence-corrected chi connectivity index (χ4v) is 4.05. The molecule has 0 saturated heterocycles. The standard InChI is InChI=1S/C13H14Br2S/c1-13(8-14,9-15)6-10-7-16-12-5-3-2-4-11(10)12/h2-5,7H,6,8-9H2,1H3. The number of hydrogen-bond acceptors (Lipinski definition) is 1. The van der Waals surface area contributed by atoms with Gasteiger partial charge in [-0.2, -0.15) is 0 Å². The fraction of sp³-hybridized carbons (Fsp3) is 0.385. The van der Waals surface area contributed by atoms with Crippen LogP contribution in [0.1, 0.15) is 12.5 Å². The van der Waals surface area contributed by atoms with Gasteiger partial charge in [0.2, 0.25) is 0 Å². The third-order valence-corrected chi connectivity index (χ3v) is 6.54. The maximum atomic E-state index is 3.62. The highest BCUT2D eigenvalue weighted by molar-refractivity contribution is 9.09. The average molecular weight is 362 g/mol.